The van der Waals surface area contributed by atoms with E-state index in [1.165, 1.54) is 28.6 Å². The molecule has 0 amide bonds. The Labute approximate surface area is 179 Å². The molecule has 0 unspecified atom stereocenters. The Morgan fingerprint density at radius 3 is 2.48 bits per heavy atom. The Bertz CT molecular complexity index is 1380. The highest BCUT2D eigenvalue weighted by atomic mass is 35.5. The van der Waals surface area contributed by atoms with Crippen LogP contribution in [-0.2, 0) is 17.8 Å². The number of nitrogens with zero attached hydrogens (tertiary/aromatic N) is 4. The van der Waals surface area contributed by atoms with Crippen molar-refractivity contribution >= 4 is 22.8 Å². The first-order valence-electron chi connectivity index (χ1n) is 9.30. The quantitative estimate of drug-likeness (QED) is 0.456. The summed E-state index contributed by atoms with van der Waals surface area (Å²) < 4.78 is 35.8. The van der Waals surface area contributed by atoms with Crippen molar-refractivity contribution < 1.29 is 13.5 Å². The van der Waals surface area contributed by atoms with Gasteiger partial charge in [-0.2, -0.15) is 0 Å². The standard InChI is InChI=1S/C21H17ClF2N4O3/c1-31-9-8-27-20(29)18-19(28(21(27)30)15-5-3-14(22)4-6-15)25-12-26(18)11-13-2-7-16(23)17(24)10-13/h2-7,10,12H,8-9,11H2,1H3. The van der Waals surface area contributed by atoms with E-state index < -0.39 is 22.9 Å². The summed E-state index contributed by atoms with van der Waals surface area (Å²) in [4.78, 5) is 30.6. The van der Waals surface area contributed by atoms with Crippen molar-refractivity contribution in [2.75, 3.05) is 13.7 Å². The number of hydrogen-bond acceptors (Lipinski definition) is 4. The Kier molecular flexibility index (Phi) is 5.71. The van der Waals surface area contributed by atoms with Crippen molar-refractivity contribution in [3.05, 3.63) is 91.9 Å². The second kappa shape index (κ2) is 8.44. The van der Waals surface area contributed by atoms with E-state index in [4.69, 9.17) is 16.3 Å². The normalized spacial score (nSPS) is 11.4. The van der Waals surface area contributed by atoms with Gasteiger partial charge < -0.3 is 9.30 Å². The molecule has 0 radical (unpaired) electrons. The summed E-state index contributed by atoms with van der Waals surface area (Å²) in [7, 11) is 1.47. The van der Waals surface area contributed by atoms with Gasteiger partial charge in [-0.1, -0.05) is 17.7 Å². The zero-order chi connectivity index (χ0) is 22.1. The molecule has 0 aliphatic rings. The summed E-state index contributed by atoms with van der Waals surface area (Å²) in [5.41, 5.74) is 0.0789. The molecule has 7 nitrogen and oxygen atoms in total. The average Bonchev–Trinajstić information content (AvgIpc) is 3.15. The zero-order valence-corrected chi connectivity index (χ0v) is 17.1. The number of halogens is 3. The predicted molar refractivity (Wildman–Crippen MR) is 112 cm³/mol. The van der Waals surface area contributed by atoms with Crippen LogP contribution in [0.15, 0.2) is 58.4 Å². The van der Waals surface area contributed by atoms with Crippen molar-refractivity contribution in [3.8, 4) is 5.69 Å². The van der Waals surface area contributed by atoms with Crippen LogP contribution in [0.3, 0.4) is 0 Å². The molecular weight excluding hydrogens is 430 g/mol. The van der Waals surface area contributed by atoms with E-state index in [1.54, 1.807) is 24.3 Å². The van der Waals surface area contributed by atoms with Gasteiger partial charge >= 0.3 is 5.69 Å². The summed E-state index contributed by atoms with van der Waals surface area (Å²) in [5, 5.41) is 0.490. The largest absolute Gasteiger partial charge is 0.383 e. The molecule has 0 aliphatic heterocycles. The predicted octanol–water partition coefficient (Wildman–Crippen LogP) is 2.98. The fourth-order valence-electron chi connectivity index (χ4n) is 3.34. The van der Waals surface area contributed by atoms with Crippen LogP contribution in [-0.4, -0.2) is 32.4 Å². The zero-order valence-electron chi connectivity index (χ0n) is 16.4. The number of benzene rings is 2. The molecule has 2 aromatic carbocycles. The number of ether oxygens (including phenoxy) is 1. The molecule has 4 rings (SSSR count). The van der Waals surface area contributed by atoms with E-state index in [2.05, 4.69) is 4.98 Å². The third-order valence-electron chi connectivity index (χ3n) is 4.84. The lowest BCUT2D eigenvalue weighted by atomic mass is 10.2. The Morgan fingerprint density at radius 2 is 1.81 bits per heavy atom. The fraction of sp³-hybridized carbons (Fsp3) is 0.190. The maximum Gasteiger partial charge on any atom is 0.337 e. The van der Waals surface area contributed by atoms with Crippen LogP contribution in [0.2, 0.25) is 5.02 Å². The summed E-state index contributed by atoms with van der Waals surface area (Å²) in [6.07, 6.45) is 1.39. The van der Waals surface area contributed by atoms with Gasteiger partial charge in [0, 0.05) is 18.7 Å². The van der Waals surface area contributed by atoms with E-state index in [-0.39, 0.29) is 30.9 Å². The number of hydrogen-bond donors (Lipinski definition) is 0. The fourth-order valence-corrected chi connectivity index (χ4v) is 3.46. The number of rotatable bonds is 6. The van der Waals surface area contributed by atoms with Gasteiger partial charge in [-0.25, -0.2) is 23.1 Å². The van der Waals surface area contributed by atoms with Crippen molar-refractivity contribution in [2.45, 2.75) is 13.1 Å². The first-order chi connectivity index (χ1) is 14.9. The summed E-state index contributed by atoms with van der Waals surface area (Å²) in [6, 6.07) is 10.0. The monoisotopic (exact) mass is 446 g/mol. The molecule has 0 fully saturated rings. The summed E-state index contributed by atoms with van der Waals surface area (Å²) in [6.45, 7) is 0.249. The van der Waals surface area contributed by atoms with E-state index in [1.807, 2.05) is 0 Å². The van der Waals surface area contributed by atoms with Crippen LogP contribution < -0.4 is 11.2 Å². The average molecular weight is 447 g/mol. The molecule has 31 heavy (non-hydrogen) atoms. The molecule has 0 aliphatic carbocycles. The first kappa shape index (κ1) is 21.0. The van der Waals surface area contributed by atoms with E-state index in [0.717, 1.165) is 16.7 Å². The van der Waals surface area contributed by atoms with Gasteiger partial charge in [-0.05, 0) is 42.0 Å². The third kappa shape index (κ3) is 3.89. The molecule has 0 saturated heterocycles. The third-order valence-corrected chi connectivity index (χ3v) is 5.09. The molecule has 0 saturated carbocycles. The van der Waals surface area contributed by atoms with Crippen molar-refractivity contribution in [1.82, 2.24) is 18.7 Å². The van der Waals surface area contributed by atoms with Crippen LogP contribution in [0.1, 0.15) is 5.56 Å². The molecule has 160 valence electrons. The van der Waals surface area contributed by atoms with Gasteiger partial charge in [0.1, 0.15) is 0 Å². The van der Waals surface area contributed by atoms with E-state index in [9.17, 15) is 18.4 Å². The van der Waals surface area contributed by atoms with Gasteiger partial charge in [-0.3, -0.25) is 9.36 Å². The van der Waals surface area contributed by atoms with Gasteiger partial charge in [0.2, 0.25) is 0 Å². The van der Waals surface area contributed by atoms with Gasteiger partial charge in [0.05, 0.1) is 25.2 Å². The molecule has 10 heteroatoms. The van der Waals surface area contributed by atoms with Crippen LogP contribution in [0.25, 0.3) is 16.9 Å². The molecule has 2 heterocycles. The highest BCUT2D eigenvalue weighted by molar-refractivity contribution is 6.30. The maximum atomic E-state index is 13.6. The molecular formula is C21H17ClF2N4O3. The lowest BCUT2D eigenvalue weighted by Gasteiger charge is -2.13. The van der Waals surface area contributed by atoms with Crippen LogP contribution >= 0.6 is 11.6 Å². The molecule has 2 aromatic heterocycles. The van der Waals surface area contributed by atoms with Gasteiger partial charge in [-0.15, -0.1) is 0 Å². The number of aromatic nitrogens is 4. The number of methoxy groups -OCH3 is 1. The Hall–Kier alpha value is -3.30. The first-order valence-corrected chi connectivity index (χ1v) is 9.68. The van der Waals surface area contributed by atoms with Crippen molar-refractivity contribution in [2.24, 2.45) is 0 Å². The highest BCUT2D eigenvalue weighted by Crippen LogP contribution is 2.17. The molecule has 0 spiro atoms. The molecule has 0 atom stereocenters. The molecule has 4 aromatic rings. The number of fused-ring (bicyclic) bond motifs is 1. The summed E-state index contributed by atoms with van der Waals surface area (Å²) in [5.74, 6) is -1.95. The van der Waals surface area contributed by atoms with Gasteiger partial charge in [0.15, 0.2) is 22.8 Å². The highest BCUT2D eigenvalue weighted by Gasteiger charge is 2.19. The minimum Gasteiger partial charge on any atom is -0.383 e. The van der Waals surface area contributed by atoms with Crippen LogP contribution in [0.5, 0.6) is 0 Å². The van der Waals surface area contributed by atoms with E-state index >= 15 is 0 Å². The molecule has 0 N–H and O–H groups in total. The Morgan fingerprint density at radius 1 is 1.06 bits per heavy atom. The minimum absolute atomic E-state index is 0.0358. The topological polar surface area (TPSA) is 71.1 Å². The maximum absolute atomic E-state index is 13.6. The number of imidazole rings is 1. The Balaban J connectivity index is 1.95. The van der Waals surface area contributed by atoms with Gasteiger partial charge in [0.25, 0.3) is 5.56 Å². The smallest absolute Gasteiger partial charge is 0.337 e. The summed E-state index contributed by atoms with van der Waals surface area (Å²) >= 11 is 5.96. The van der Waals surface area contributed by atoms with Crippen molar-refractivity contribution in [3.63, 3.8) is 0 Å². The van der Waals surface area contributed by atoms with E-state index in [0.29, 0.717) is 16.3 Å². The second-order valence-corrected chi connectivity index (χ2v) is 7.27. The van der Waals surface area contributed by atoms with Crippen LogP contribution in [0, 0.1) is 11.6 Å². The van der Waals surface area contributed by atoms with Crippen molar-refractivity contribution in [1.29, 1.82) is 0 Å². The minimum atomic E-state index is -0.988. The molecule has 0 bridgehead atoms. The SMILES string of the molecule is COCCn1c(=O)c2c(ncn2Cc2ccc(F)c(F)c2)n(-c2ccc(Cl)cc2)c1=O. The lowest BCUT2D eigenvalue weighted by Crippen LogP contribution is -2.41. The lowest BCUT2D eigenvalue weighted by molar-refractivity contribution is 0.184. The second-order valence-electron chi connectivity index (χ2n) is 6.84. The van der Waals surface area contributed by atoms with Crippen LogP contribution in [0.4, 0.5) is 8.78 Å².